The van der Waals surface area contributed by atoms with Crippen molar-refractivity contribution in [3.05, 3.63) is 58.6 Å². The van der Waals surface area contributed by atoms with Gasteiger partial charge in [0, 0.05) is 23.0 Å². The molecular weight excluding hydrogens is 274 g/mol. The van der Waals surface area contributed by atoms with Gasteiger partial charge in [0.2, 0.25) is 0 Å². The lowest BCUT2D eigenvalue weighted by atomic mass is 9.83. The van der Waals surface area contributed by atoms with E-state index < -0.39 is 6.10 Å². The molecule has 0 saturated carbocycles. The third-order valence-electron chi connectivity index (χ3n) is 3.72. The Labute approximate surface area is 123 Å². The fourth-order valence-corrected chi connectivity index (χ4v) is 3.07. The summed E-state index contributed by atoms with van der Waals surface area (Å²) in [5.41, 5.74) is 2.83. The molecule has 3 nitrogen and oxygen atoms in total. The minimum atomic E-state index is -0.519. The van der Waals surface area contributed by atoms with Crippen LogP contribution in [0.5, 0.6) is 5.75 Å². The van der Waals surface area contributed by atoms with Gasteiger partial charge in [0.05, 0.1) is 18.9 Å². The summed E-state index contributed by atoms with van der Waals surface area (Å²) in [6.07, 6.45) is -0.519. The number of ether oxygens (including phenoxy) is 1. The maximum absolute atomic E-state index is 10.4. The second-order valence-corrected chi connectivity index (χ2v) is 5.28. The predicted octanol–water partition coefficient (Wildman–Crippen LogP) is 3.27. The number of aliphatic hydroxyl groups is 1. The van der Waals surface area contributed by atoms with Crippen LogP contribution in [-0.4, -0.2) is 24.9 Å². The average molecular weight is 290 g/mol. The first-order valence-corrected chi connectivity index (χ1v) is 6.93. The van der Waals surface area contributed by atoms with Crippen LogP contribution < -0.4 is 10.1 Å². The molecule has 0 radical (unpaired) electrons. The number of hydrogen-bond donors (Lipinski definition) is 2. The smallest absolute Gasteiger partial charge is 0.142 e. The highest BCUT2D eigenvalue weighted by atomic mass is 35.5. The van der Waals surface area contributed by atoms with Gasteiger partial charge in [-0.05, 0) is 17.7 Å². The molecule has 1 heterocycles. The Morgan fingerprint density at radius 1 is 1.20 bits per heavy atom. The zero-order valence-electron chi connectivity index (χ0n) is 11.1. The molecule has 0 fully saturated rings. The van der Waals surface area contributed by atoms with Crippen molar-refractivity contribution in [2.24, 2.45) is 0 Å². The van der Waals surface area contributed by atoms with Crippen molar-refractivity contribution >= 4 is 17.3 Å². The minimum absolute atomic E-state index is 0.143. The Hall–Kier alpha value is -1.71. The lowest BCUT2D eigenvalue weighted by molar-refractivity contribution is 0.165. The van der Waals surface area contributed by atoms with Gasteiger partial charge in [-0.25, -0.2) is 0 Å². The molecule has 0 unspecified atom stereocenters. The Morgan fingerprint density at radius 3 is 2.65 bits per heavy atom. The van der Waals surface area contributed by atoms with Crippen molar-refractivity contribution in [1.82, 2.24) is 0 Å². The summed E-state index contributed by atoms with van der Waals surface area (Å²) in [6.45, 7) is 0.475. The third-order valence-corrected chi connectivity index (χ3v) is 4.05. The van der Waals surface area contributed by atoms with Crippen molar-refractivity contribution in [3.8, 4) is 5.75 Å². The van der Waals surface area contributed by atoms with Crippen LogP contribution in [0.2, 0.25) is 5.02 Å². The number of halogens is 1. The van der Waals surface area contributed by atoms with Crippen molar-refractivity contribution in [2.75, 3.05) is 19.0 Å². The van der Waals surface area contributed by atoms with Crippen LogP contribution in [0.1, 0.15) is 17.0 Å². The second kappa shape index (κ2) is 5.35. The van der Waals surface area contributed by atoms with E-state index in [9.17, 15) is 5.11 Å². The van der Waals surface area contributed by atoms with Crippen LogP contribution in [0.3, 0.4) is 0 Å². The quantitative estimate of drug-likeness (QED) is 0.891. The van der Waals surface area contributed by atoms with Gasteiger partial charge < -0.3 is 15.2 Å². The predicted molar refractivity (Wildman–Crippen MR) is 80.8 cm³/mol. The Balaban J connectivity index is 2.19. The summed E-state index contributed by atoms with van der Waals surface area (Å²) in [7, 11) is 1.63. The van der Waals surface area contributed by atoms with Gasteiger partial charge in [0.1, 0.15) is 5.75 Å². The van der Waals surface area contributed by atoms with Gasteiger partial charge in [-0.15, -0.1) is 0 Å². The Kier molecular flexibility index (Phi) is 3.55. The van der Waals surface area contributed by atoms with Crippen molar-refractivity contribution in [3.63, 3.8) is 0 Å². The summed E-state index contributed by atoms with van der Waals surface area (Å²) >= 11 is 6.37. The number of β-amino-alcohol motifs (C(OH)–C–C–N with tert-alkyl or cyclic N) is 1. The molecule has 0 amide bonds. The van der Waals surface area contributed by atoms with E-state index in [0.717, 1.165) is 22.6 Å². The van der Waals surface area contributed by atoms with E-state index in [2.05, 4.69) is 5.32 Å². The zero-order chi connectivity index (χ0) is 14.1. The summed E-state index contributed by atoms with van der Waals surface area (Å²) < 4.78 is 5.38. The Bertz CT molecular complexity index is 615. The van der Waals surface area contributed by atoms with Gasteiger partial charge in [-0.3, -0.25) is 0 Å². The summed E-state index contributed by atoms with van der Waals surface area (Å²) in [5, 5.41) is 14.2. The van der Waals surface area contributed by atoms with E-state index in [-0.39, 0.29) is 5.92 Å². The molecule has 0 bridgehead atoms. The molecule has 3 rings (SSSR count). The monoisotopic (exact) mass is 289 g/mol. The first-order chi connectivity index (χ1) is 9.72. The fourth-order valence-electron chi connectivity index (χ4n) is 2.80. The van der Waals surface area contributed by atoms with Gasteiger partial charge in [-0.2, -0.15) is 0 Å². The lowest BCUT2D eigenvalue weighted by Crippen LogP contribution is -2.33. The highest BCUT2D eigenvalue weighted by Crippen LogP contribution is 2.45. The van der Waals surface area contributed by atoms with E-state index in [1.54, 1.807) is 7.11 Å². The molecule has 1 aliphatic rings. The number of hydrogen-bond acceptors (Lipinski definition) is 3. The SMILES string of the molecule is COc1ccc(Cl)c2c1NC[C@@H](O)[C@@H]2c1ccccc1. The largest absolute Gasteiger partial charge is 0.495 e. The van der Waals surface area contributed by atoms with Crippen LogP contribution in [0, 0.1) is 0 Å². The first kappa shape index (κ1) is 13.3. The topological polar surface area (TPSA) is 41.5 Å². The van der Waals surface area contributed by atoms with Crippen LogP contribution >= 0.6 is 11.6 Å². The summed E-state index contributed by atoms with van der Waals surface area (Å²) in [6, 6.07) is 13.6. The number of aliphatic hydroxyl groups excluding tert-OH is 1. The highest BCUT2D eigenvalue weighted by Gasteiger charge is 2.33. The molecule has 0 saturated heterocycles. The average Bonchev–Trinajstić information content (AvgIpc) is 2.49. The number of nitrogens with one attached hydrogen (secondary N) is 1. The van der Waals surface area contributed by atoms with Crippen molar-refractivity contribution in [2.45, 2.75) is 12.0 Å². The van der Waals surface area contributed by atoms with Gasteiger partial charge in [0.15, 0.2) is 0 Å². The zero-order valence-corrected chi connectivity index (χ0v) is 11.9. The number of methoxy groups -OCH3 is 1. The van der Waals surface area contributed by atoms with Gasteiger partial charge in [-0.1, -0.05) is 41.9 Å². The highest BCUT2D eigenvalue weighted by molar-refractivity contribution is 6.32. The van der Waals surface area contributed by atoms with E-state index in [0.29, 0.717) is 11.6 Å². The summed E-state index contributed by atoms with van der Waals surface area (Å²) in [4.78, 5) is 0. The van der Waals surface area contributed by atoms with Crippen LogP contribution in [-0.2, 0) is 0 Å². The lowest BCUT2D eigenvalue weighted by Gasteiger charge is -2.33. The van der Waals surface area contributed by atoms with Gasteiger partial charge in [0.25, 0.3) is 0 Å². The number of rotatable bonds is 2. The number of benzene rings is 2. The molecule has 4 heteroatoms. The first-order valence-electron chi connectivity index (χ1n) is 6.55. The van der Waals surface area contributed by atoms with E-state index in [4.69, 9.17) is 16.3 Å². The van der Waals surface area contributed by atoms with E-state index >= 15 is 0 Å². The maximum Gasteiger partial charge on any atom is 0.142 e. The Morgan fingerprint density at radius 2 is 1.95 bits per heavy atom. The molecule has 2 aromatic rings. The second-order valence-electron chi connectivity index (χ2n) is 4.87. The fraction of sp³-hybridized carbons (Fsp3) is 0.250. The molecule has 20 heavy (non-hydrogen) atoms. The molecule has 104 valence electrons. The van der Waals surface area contributed by atoms with Gasteiger partial charge >= 0.3 is 0 Å². The number of fused-ring (bicyclic) bond motifs is 1. The summed E-state index contributed by atoms with van der Waals surface area (Å²) in [5.74, 6) is 0.604. The van der Waals surface area contributed by atoms with Crippen molar-refractivity contribution < 1.29 is 9.84 Å². The maximum atomic E-state index is 10.4. The third kappa shape index (κ3) is 2.13. The van der Waals surface area contributed by atoms with Crippen LogP contribution in [0.15, 0.2) is 42.5 Å². The van der Waals surface area contributed by atoms with E-state index in [1.165, 1.54) is 0 Å². The minimum Gasteiger partial charge on any atom is -0.495 e. The molecule has 2 aromatic carbocycles. The number of anilines is 1. The molecule has 0 aromatic heterocycles. The molecule has 0 aliphatic carbocycles. The molecule has 0 spiro atoms. The molecule has 1 aliphatic heterocycles. The molecular formula is C16H16ClNO2. The van der Waals surface area contributed by atoms with Crippen LogP contribution in [0.25, 0.3) is 0 Å². The van der Waals surface area contributed by atoms with Crippen LogP contribution in [0.4, 0.5) is 5.69 Å². The van der Waals surface area contributed by atoms with Crippen molar-refractivity contribution in [1.29, 1.82) is 0 Å². The molecule has 2 atom stereocenters. The normalized spacial score (nSPS) is 20.9. The van der Waals surface area contributed by atoms with E-state index in [1.807, 2.05) is 42.5 Å². The standard InChI is InChI=1S/C16H16ClNO2/c1-20-13-8-7-11(17)15-14(10-5-3-2-4-6-10)12(19)9-18-16(13)15/h2-8,12,14,18-19H,9H2,1H3/t12-,14+/m1/s1. The molecule has 2 N–H and O–H groups in total.